The molecule has 94 valence electrons. The highest BCUT2D eigenvalue weighted by molar-refractivity contribution is 5.92. The van der Waals surface area contributed by atoms with Gasteiger partial charge < -0.3 is 10.3 Å². The molecule has 1 aromatic carbocycles. The highest BCUT2D eigenvalue weighted by Gasteiger charge is 2.10. The summed E-state index contributed by atoms with van der Waals surface area (Å²) in [6.07, 6.45) is 4.35. The maximum atomic E-state index is 11.7. The minimum absolute atomic E-state index is 0.0368. The maximum absolute atomic E-state index is 11.7. The Bertz CT molecular complexity index is 502. The molecule has 2 aromatic rings. The van der Waals surface area contributed by atoms with Crippen LogP contribution in [0.25, 0.3) is 11.4 Å². The first-order valence-electron chi connectivity index (χ1n) is 6.11. The van der Waals surface area contributed by atoms with E-state index in [1.165, 1.54) is 0 Å². The molecule has 0 aliphatic rings. The number of nitrogens with one attached hydrogen (secondary N) is 2. The van der Waals surface area contributed by atoms with Gasteiger partial charge in [0.15, 0.2) is 0 Å². The summed E-state index contributed by atoms with van der Waals surface area (Å²) in [6.45, 7) is 3.93. The van der Waals surface area contributed by atoms with E-state index in [1.54, 1.807) is 12.4 Å². The molecule has 0 bridgehead atoms. The number of amides is 1. The number of aromatic amines is 1. The monoisotopic (exact) mass is 243 g/mol. The highest BCUT2D eigenvalue weighted by Crippen LogP contribution is 2.18. The summed E-state index contributed by atoms with van der Waals surface area (Å²) in [5.74, 6) is 0.924. The molecule has 0 aliphatic carbocycles. The van der Waals surface area contributed by atoms with Crippen LogP contribution < -0.4 is 5.32 Å². The fraction of sp³-hybridized carbons (Fsp3) is 0.286. The van der Waals surface area contributed by atoms with Crippen molar-refractivity contribution in [1.29, 1.82) is 0 Å². The van der Waals surface area contributed by atoms with E-state index in [9.17, 15) is 4.79 Å². The fourth-order valence-electron chi connectivity index (χ4n) is 1.59. The van der Waals surface area contributed by atoms with E-state index in [4.69, 9.17) is 0 Å². The van der Waals surface area contributed by atoms with Crippen LogP contribution in [0.5, 0.6) is 0 Å². The van der Waals surface area contributed by atoms with E-state index in [0.29, 0.717) is 0 Å². The average molecular weight is 243 g/mol. The third kappa shape index (κ3) is 2.77. The first-order valence-corrected chi connectivity index (χ1v) is 6.11. The molecule has 0 saturated carbocycles. The zero-order chi connectivity index (χ0) is 13.0. The summed E-state index contributed by atoms with van der Waals surface area (Å²) in [5, 5.41) is 2.90. The average Bonchev–Trinajstić information content (AvgIpc) is 2.92. The van der Waals surface area contributed by atoms with Gasteiger partial charge in [-0.1, -0.05) is 13.8 Å². The third-order valence-corrected chi connectivity index (χ3v) is 2.98. The number of rotatable bonds is 4. The van der Waals surface area contributed by atoms with Gasteiger partial charge in [-0.2, -0.15) is 0 Å². The van der Waals surface area contributed by atoms with Crippen LogP contribution in [-0.2, 0) is 4.79 Å². The van der Waals surface area contributed by atoms with E-state index in [-0.39, 0.29) is 11.8 Å². The number of hydrogen-bond donors (Lipinski definition) is 2. The zero-order valence-electron chi connectivity index (χ0n) is 10.6. The van der Waals surface area contributed by atoms with E-state index in [2.05, 4.69) is 15.3 Å². The largest absolute Gasteiger partial charge is 0.345 e. The second-order valence-electron chi connectivity index (χ2n) is 4.31. The van der Waals surface area contributed by atoms with Crippen LogP contribution >= 0.6 is 0 Å². The Morgan fingerprint density at radius 2 is 2.11 bits per heavy atom. The number of anilines is 1. The zero-order valence-corrected chi connectivity index (χ0v) is 10.6. The molecule has 1 heterocycles. The number of aromatic nitrogens is 2. The van der Waals surface area contributed by atoms with Gasteiger partial charge in [0, 0.05) is 29.6 Å². The lowest BCUT2D eigenvalue weighted by Crippen LogP contribution is -2.19. The third-order valence-electron chi connectivity index (χ3n) is 2.98. The van der Waals surface area contributed by atoms with Gasteiger partial charge in [0.05, 0.1) is 0 Å². The van der Waals surface area contributed by atoms with Gasteiger partial charge >= 0.3 is 0 Å². The molecule has 0 spiro atoms. The molecule has 1 amide bonds. The van der Waals surface area contributed by atoms with Crippen molar-refractivity contribution in [2.45, 2.75) is 20.3 Å². The molecule has 0 fully saturated rings. The first-order chi connectivity index (χ1) is 8.70. The van der Waals surface area contributed by atoms with Crippen LogP contribution in [0.4, 0.5) is 5.69 Å². The van der Waals surface area contributed by atoms with Gasteiger partial charge in [0.2, 0.25) is 5.91 Å². The van der Waals surface area contributed by atoms with Crippen molar-refractivity contribution in [2.24, 2.45) is 5.92 Å². The minimum Gasteiger partial charge on any atom is -0.345 e. The maximum Gasteiger partial charge on any atom is 0.227 e. The van der Waals surface area contributed by atoms with Gasteiger partial charge in [0.25, 0.3) is 0 Å². The highest BCUT2D eigenvalue weighted by atomic mass is 16.1. The Labute approximate surface area is 106 Å². The summed E-state index contributed by atoms with van der Waals surface area (Å²) in [4.78, 5) is 18.9. The van der Waals surface area contributed by atoms with Crippen molar-refractivity contribution in [1.82, 2.24) is 9.97 Å². The number of carbonyl (C=O) groups is 1. The Hall–Kier alpha value is -2.10. The molecular formula is C14H17N3O. The van der Waals surface area contributed by atoms with E-state index < -0.39 is 0 Å². The quantitative estimate of drug-likeness (QED) is 0.867. The lowest BCUT2D eigenvalue weighted by molar-refractivity contribution is -0.119. The standard InChI is InChI=1S/C14H17N3O/c1-3-10(2)14(18)17-12-6-4-11(5-7-12)13-15-8-9-16-13/h4-10H,3H2,1-2H3,(H,15,16)(H,17,18)/t10-/m1/s1. The van der Waals surface area contributed by atoms with Crippen molar-refractivity contribution in [3.63, 3.8) is 0 Å². The van der Waals surface area contributed by atoms with Crippen LogP contribution in [-0.4, -0.2) is 15.9 Å². The van der Waals surface area contributed by atoms with Crippen LogP contribution in [0.1, 0.15) is 20.3 Å². The number of hydrogen-bond acceptors (Lipinski definition) is 2. The van der Waals surface area contributed by atoms with E-state index in [1.807, 2.05) is 38.1 Å². The molecular weight excluding hydrogens is 226 g/mol. The predicted octanol–water partition coefficient (Wildman–Crippen LogP) is 3.06. The summed E-state index contributed by atoms with van der Waals surface area (Å²) < 4.78 is 0. The van der Waals surface area contributed by atoms with Crippen LogP contribution in [0.2, 0.25) is 0 Å². The van der Waals surface area contributed by atoms with Gasteiger partial charge in [-0.3, -0.25) is 4.79 Å². The number of H-pyrrole nitrogens is 1. The summed E-state index contributed by atoms with van der Waals surface area (Å²) in [6, 6.07) is 7.65. The molecule has 0 radical (unpaired) electrons. The molecule has 2 N–H and O–H groups in total. The fourth-order valence-corrected chi connectivity index (χ4v) is 1.59. The van der Waals surface area contributed by atoms with Gasteiger partial charge in [0.1, 0.15) is 5.82 Å². The Kier molecular flexibility index (Phi) is 3.77. The lowest BCUT2D eigenvalue weighted by Gasteiger charge is -2.10. The summed E-state index contributed by atoms with van der Waals surface area (Å²) in [5.41, 5.74) is 1.82. The molecule has 0 unspecified atom stereocenters. The predicted molar refractivity (Wildman–Crippen MR) is 72.1 cm³/mol. The topological polar surface area (TPSA) is 57.8 Å². The van der Waals surface area contributed by atoms with Crippen molar-refractivity contribution in [3.05, 3.63) is 36.7 Å². The Morgan fingerprint density at radius 1 is 1.39 bits per heavy atom. The minimum atomic E-state index is 0.0368. The molecule has 1 atom stereocenters. The van der Waals surface area contributed by atoms with Crippen LogP contribution in [0.15, 0.2) is 36.7 Å². The van der Waals surface area contributed by atoms with Crippen molar-refractivity contribution < 1.29 is 4.79 Å². The van der Waals surface area contributed by atoms with E-state index in [0.717, 1.165) is 23.5 Å². The van der Waals surface area contributed by atoms with Crippen LogP contribution in [0.3, 0.4) is 0 Å². The van der Waals surface area contributed by atoms with Crippen molar-refractivity contribution in [2.75, 3.05) is 5.32 Å². The number of benzene rings is 1. The summed E-state index contributed by atoms with van der Waals surface area (Å²) >= 11 is 0. The van der Waals surface area contributed by atoms with Crippen LogP contribution in [0, 0.1) is 5.92 Å². The van der Waals surface area contributed by atoms with Gasteiger partial charge in [-0.25, -0.2) is 4.98 Å². The molecule has 2 rings (SSSR count). The SMILES string of the molecule is CC[C@@H](C)C(=O)Nc1ccc(-c2ncc[nH]2)cc1. The number of carbonyl (C=O) groups excluding carboxylic acids is 1. The first kappa shape index (κ1) is 12.4. The lowest BCUT2D eigenvalue weighted by atomic mass is 10.1. The molecule has 4 nitrogen and oxygen atoms in total. The molecule has 1 aromatic heterocycles. The van der Waals surface area contributed by atoms with Crippen molar-refractivity contribution in [3.8, 4) is 11.4 Å². The Morgan fingerprint density at radius 3 is 2.67 bits per heavy atom. The molecule has 0 saturated heterocycles. The van der Waals surface area contributed by atoms with E-state index >= 15 is 0 Å². The molecule has 0 aliphatic heterocycles. The number of nitrogens with zero attached hydrogens (tertiary/aromatic N) is 1. The number of imidazole rings is 1. The molecule has 18 heavy (non-hydrogen) atoms. The second kappa shape index (κ2) is 5.49. The molecule has 4 heteroatoms. The smallest absolute Gasteiger partial charge is 0.227 e. The summed E-state index contributed by atoms with van der Waals surface area (Å²) in [7, 11) is 0. The Balaban J connectivity index is 2.06. The van der Waals surface area contributed by atoms with Crippen molar-refractivity contribution >= 4 is 11.6 Å². The normalized spacial score (nSPS) is 12.1. The van der Waals surface area contributed by atoms with Gasteiger partial charge in [-0.15, -0.1) is 0 Å². The van der Waals surface area contributed by atoms with Gasteiger partial charge in [-0.05, 0) is 30.7 Å². The second-order valence-corrected chi connectivity index (χ2v) is 4.31.